The molecule has 4 rings (SSSR count). The number of benzene rings is 1. The Labute approximate surface area is 165 Å². The van der Waals surface area contributed by atoms with Crippen molar-refractivity contribution in [2.75, 3.05) is 13.1 Å². The third-order valence-electron chi connectivity index (χ3n) is 5.35. The van der Waals surface area contributed by atoms with Gasteiger partial charge >= 0.3 is 0 Å². The van der Waals surface area contributed by atoms with Crippen molar-refractivity contribution < 1.29 is 4.79 Å². The Morgan fingerprint density at radius 3 is 2.82 bits per heavy atom. The highest BCUT2D eigenvalue weighted by Gasteiger charge is 2.25. The van der Waals surface area contributed by atoms with Gasteiger partial charge in [-0.1, -0.05) is 30.3 Å². The zero-order valence-corrected chi connectivity index (χ0v) is 16.7. The number of hydrogen-bond donors (Lipinski definition) is 1. The average Bonchev–Trinajstić information content (AvgIpc) is 3.28. The lowest BCUT2D eigenvalue weighted by Gasteiger charge is -2.17. The van der Waals surface area contributed by atoms with Crippen LogP contribution in [0, 0.1) is 6.92 Å². The van der Waals surface area contributed by atoms with Crippen LogP contribution in [0.1, 0.15) is 47.9 Å². The summed E-state index contributed by atoms with van der Waals surface area (Å²) in [5.41, 5.74) is 3.52. The van der Waals surface area contributed by atoms with Gasteiger partial charge in [-0.15, -0.1) is 0 Å². The molecule has 28 heavy (non-hydrogen) atoms. The van der Waals surface area contributed by atoms with E-state index in [1.165, 1.54) is 5.56 Å². The summed E-state index contributed by atoms with van der Waals surface area (Å²) in [7, 11) is 0. The summed E-state index contributed by atoms with van der Waals surface area (Å²) in [5, 5.41) is 8.51. The number of carbonyl (C=O) groups is 1. The second-order valence-corrected chi connectivity index (χ2v) is 7.90. The molecule has 0 saturated carbocycles. The molecule has 1 aliphatic heterocycles. The van der Waals surface area contributed by atoms with Gasteiger partial charge in [0.05, 0.1) is 17.5 Å². The van der Waals surface area contributed by atoms with E-state index in [0.29, 0.717) is 5.56 Å². The SMILES string of the molecule is Cc1nc2c(cnn2C(C)C)cc1C(=O)N[C@@H]1CCN(Cc2ccccc2)C1. The van der Waals surface area contributed by atoms with Crippen LogP contribution in [-0.4, -0.2) is 44.7 Å². The quantitative estimate of drug-likeness (QED) is 0.741. The number of likely N-dealkylation sites (tertiary alicyclic amines) is 1. The number of amides is 1. The number of aryl methyl sites for hydroxylation is 1. The monoisotopic (exact) mass is 377 g/mol. The Balaban J connectivity index is 1.43. The first kappa shape index (κ1) is 18.6. The maximum absolute atomic E-state index is 12.9. The van der Waals surface area contributed by atoms with Crippen LogP contribution >= 0.6 is 0 Å². The van der Waals surface area contributed by atoms with Gasteiger partial charge in [0.25, 0.3) is 5.91 Å². The van der Waals surface area contributed by atoms with E-state index in [4.69, 9.17) is 0 Å². The Kier molecular flexibility index (Phi) is 5.13. The summed E-state index contributed by atoms with van der Waals surface area (Å²) in [4.78, 5) is 19.9. The third-order valence-corrected chi connectivity index (χ3v) is 5.35. The standard InChI is InChI=1S/C22H27N5O/c1-15(2)27-21-18(12-23-27)11-20(16(3)24-21)22(28)25-19-9-10-26(14-19)13-17-7-5-4-6-8-17/h4-8,11-12,15,19H,9-10,13-14H2,1-3H3,(H,25,28)/t19-/m1/s1. The molecular weight excluding hydrogens is 350 g/mol. The molecule has 1 aromatic carbocycles. The molecule has 3 aromatic rings. The van der Waals surface area contributed by atoms with Crippen molar-refractivity contribution in [3.63, 3.8) is 0 Å². The molecule has 1 N–H and O–H groups in total. The minimum absolute atomic E-state index is 0.0456. The molecule has 1 aliphatic rings. The summed E-state index contributed by atoms with van der Waals surface area (Å²) in [6, 6.07) is 12.8. The Hall–Kier alpha value is -2.73. The number of pyridine rings is 1. The van der Waals surface area contributed by atoms with Gasteiger partial charge < -0.3 is 5.32 Å². The molecule has 0 bridgehead atoms. The van der Waals surface area contributed by atoms with Crippen LogP contribution in [0.5, 0.6) is 0 Å². The van der Waals surface area contributed by atoms with Crippen LogP contribution in [0.25, 0.3) is 11.0 Å². The van der Waals surface area contributed by atoms with Crippen LogP contribution in [-0.2, 0) is 6.54 Å². The predicted octanol–water partition coefficient (Wildman–Crippen LogP) is 3.32. The molecule has 0 spiro atoms. The maximum Gasteiger partial charge on any atom is 0.253 e. The Morgan fingerprint density at radius 1 is 1.29 bits per heavy atom. The Bertz CT molecular complexity index is 979. The van der Waals surface area contributed by atoms with Gasteiger partial charge in [0.2, 0.25) is 0 Å². The van der Waals surface area contributed by atoms with Crippen molar-refractivity contribution in [3.05, 3.63) is 59.4 Å². The van der Waals surface area contributed by atoms with Gasteiger partial charge in [-0.05, 0) is 38.8 Å². The van der Waals surface area contributed by atoms with Gasteiger partial charge in [-0.3, -0.25) is 9.69 Å². The minimum Gasteiger partial charge on any atom is -0.348 e. The van der Waals surface area contributed by atoms with Crippen molar-refractivity contribution in [2.24, 2.45) is 0 Å². The lowest BCUT2D eigenvalue weighted by molar-refractivity contribution is 0.0937. The van der Waals surface area contributed by atoms with E-state index in [1.54, 1.807) is 6.20 Å². The predicted molar refractivity (Wildman–Crippen MR) is 110 cm³/mol. The van der Waals surface area contributed by atoms with Gasteiger partial charge in [-0.25, -0.2) is 9.67 Å². The zero-order chi connectivity index (χ0) is 19.7. The van der Waals surface area contributed by atoms with E-state index in [1.807, 2.05) is 23.7 Å². The summed E-state index contributed by atoms with van der Waals surface area (Å²) in [5.74, 6) is -0.0456. The molecule has 1 fully saturated rings. The second-order valence-electron chi connectivity index (χ2n) is 7.90. The molecule has 0 aliphatic carbocycles. The lowest BCUT2D eigenvalue weighted by Crippen LogP contribution is -2.37. The Morgan fingerprint density at radius 2 is 2.07 bits per heavy atom. The van der Waals surface area contributed by atoms with Gasteiger partial charge in [0.1, 0.15) is 0 Å². The van der Waals surface area contributed by atoms with E-state index in [-0.39, 0.29) is 18.0 Å². The summed E-state index contributed by atoms with van der Waals surface area (Å²) in [6.45, 7) is 8.84. The first-order valence-electron chi connectivity index (χ1n) is 9.93. The molecule has 146 valence electrons. The molecule has 6 heteroatoms. The van der Waals surface area contributed by atoms with E-state index in [2.05, 4.69) is 58.4 Å². The zero-order valence-electron chi connectivity index (χ0n) is 16.7. The number of nitrogens with one attached hydrogen (secondary N) is 1. The number of hydrogen-bond acceptors (Lipinski definition) is 4. The molecule has 2 aromatic heterocycles. The van der Waals surface area contributed by atoms with Crippen LogP contribution in [0.15, 0.2) is 42.6 Å². The molecule has 3 heterocycles. The van der Waals surface area contributed by atoms with Gasteiger partial charge in [0.15, 0.2) is 5.65 Å². The normalized spacial score (nSPS) is 17.5. The molecular formula is C22H27N5O. The number of fused-ring (bicyclic) bond motifs is 1. The fraction of sp³-hybridized carbons (Fsp3) is 0.409. The second kappa shape index (κ2) is 7.72. The summed E-state index contributed by atoms with van der Waals surface area (Å²) >= 11 is 0. The number of carbonyl (C=O) groups excluding carboxylic acids is 1. The van der Waals surface area contributed by atoms with E-state index in [9.17, 15) is 4.79 Å². The highest BCUT2D eigenvalue weighted by Crippen LogP contribution is 2.20. The fourth-order valence-corrected chi connectivity index (χ4v) is 3.87. The minimum atomic E-state index is -0.0456. The molecule has 6 nitrogen and oxygen atoms in total. The van der Waals surface area contributed by atoms with Crippen molar-refractivity contribution in [3.8, 4) is 0 Å². The van der Waals surface area contributed by atoms with E-state index in [0.717, 1.165) is 42.8 Å². The lowest BCUT2D eigenvalue weighted by atomic mass is 10.1. The molecule has 1 atom stereocenters. The number of nitrogens with zero attached hydrogens (tertiary/aromatic N) is 4. The van der Waals surface area contributed by atoms with E-state index >= 15 is 0 Å². The fourth-order valence-electron chi connectivity index (χ4n) is 3.87. The molecule has 0 radical (unpaired) electrons. The average molecular weight is 377 g/mol. The first-order chi connectivity index (χ1) is 13.5. The highest BCUT2D eigenvalue weighted by atomic mass is 16.1. The van der Waals surface area contributed by atoms with Crippen LogP contribution < -0.4 is 5.32 Å². The van der Waals surface area contributed by atoms with Crippen LogP contribution in [0.3, 0.4) is 0 Å². The highest BCUT2D eigenvalue weighted by molar-refractivity contribution is 5.98. The molecule has 0 unspecified atom stereocenters. The van der Waals surface area contributed by atoms with Crippen molar-refractivity contribution in [1.29, 1.82) is 0 Å². The van der Waals surface area contributed by atoms with Gasteiger partial charge in [0, 0.05) is 37.1 Å². The third kappa shape index (κ3) is 3.78. The summed E-state index contributed by atoms with van der Waals surface area (Å²) in [6.07, 6.45) is 2.76. The van der Waals surface area contributed by atoms with Crippen LogP contribution in [0.4, 0.5) is 0 Å². The first-order valence-corrected chi connectivity index (χ1v) is 9.93. The number of aromatic nitrogens is 3. The largest absolute Gasteiger partial charge is 0.348 e. The van der Waals surface area contributed by atoms with Crippen LogP contribution in [0.2, 0.25) is 0 Å². The number of rotatable bonds is 5. The van der Waals surface area contributed by atoms with Crippen molar-refractivity contribution in [1.82, 2.24) is 25.0 Å². The molecule has 1 amide bonds. The van der Waals surface area contributed by atoms with Crippen molar-refractivity contribution in [2.45, 2.75) is 45.8 Å². The molecule has 1 saturated heterocycles. The van der Waals surface area contributed by atoms with Crippen molar-refractivity contribution >= 4 is 16.9 Å². The van der Waals surface area contributed by atoms with E-state index < -0.39 is 0 Å². The smallest absolute Gasteiger partial charge is 0.253 e. The maximum atomic E-state index is 12.9. The van der Waals surface area contributed by atoms with Gasteiger partial charge in [-0.2, -0.15) is 5.10 Å². The summed E-state index contributed by atoms with van der Waals surface area (Å²) < 4.78 is 1.89. The topological polar surface area (TPSA) is 63.1 Å².